The van der Waals surface area contributed by atoms with Gasteiger partial charge in [-0.2, -0.15) is 0 Å². The summed E-state index contributed by atoms with van der Waals surface area (Å²) in [5.74, 6) is 2.17. The molecule has 1 aromatic rings. The Balaban J connectivity index is 1.97. The summed E-state index contributed by atoms with van der Waals surface area (Å²) in [5, 5.41) is 0. The monoisotopic (exact) mass is 349 g/mol. The molecular weight excluding hydrogens is 326 g/mol. The Morgan fingerprint density at radius 3 is 2.86 bits per heavy atom. The smallest absolute Gasteiger partial charge is 0.196 e. The maximum absolute atomic E-state index is 6.26. The summed E-state index contributed by atoms with van der Waals surface area (Å²) in [7, 11) is 0. The van der Waals surface area contributed by atoms with Gasteiger partial charge >= 0.3 is 0 Å². The van der Waals surface area contributed by atoms with E-state index in [2.05, 4.69) is 57.9 Å². The van der Waals surface area contributed by atoms with Crippen LogP contribution in [0.3, 0.4) is 0 Å². The third-order valence-electron chi connectivity index (χ3n) is 5.13. The number of nitrogens with zero attached hydrogens (tertiary/aromatic N) is 2. The first-order chi connectivity index (χ1) is 10.0. The van der Waals surface area contributed by atoms with E-state index in [4.69, 9.17) is 5.73 Å². The highest BCUT2D eigenvalue weighted by atomic mass is 79.9. The van der Waals surface area contributed by atoms with E-state index < -0.39 is 0 Å². The minimum Gasteiger partial charge on any atom is -0.369 e. The van der Waals surface area contributed by atoms with Crippen LogP contribution in [0, 0.1) is 11.8 Å². The molecule has 1 saturated carbocycles. The van der Waals surface area contributed by atoms with Gasteiger partial charge in [0.05, 0.1) is 17.8 Å². The molecule has 2 N–H and O–H groups in total. The van der Waals surface area contributed by atoms with Gasteiger partial charge in [-0.1, -0.05) is 38.8 Å². The van der Waals surface area contributed by atoms with E-state index >= 15 is 0 Å². The third-order valence-corrected chi connectivity index (χ3v) is 5.80. The van der Waals surface area contributed by atoms with Gasteiger partial charge in [0, 0.05) is 4.47 Å². The molecule has 3 rings (SSSR count). The lowest BCUT2D eigenvalue weighted by atomic mass is 9.71. The number of para-hydroxylation sites is 1. The lowest BCUT2D eigenvalue weighted by Crippen LogP contribution is -2.55. The van der Waals surface area contributed by atoms with Crippen LogP contribution in [0.15, 0.2) is 33.7 Å². The third kappa shape index (κ3) is 2.59. The Bertz CT molecular complexity index is 555. The second kappa shape index (κ2) is 5.64. The average Bonchev–Trinajstić information content (AvgIpc) is 2.76. The molecule has 1 heterocycles. The molecule has 2 unspecified atom stereocenters. The summed E-state index contributed by atoms with van der Waals surface area (Å²) < 4.78 is 1.09. The van der Waals surface area contributed by atoms with Crippen LogP contribution in [0.25, 0.3) is 0 Å². The molecule has 114 valence electrons. The number of aliphatic imine (C=N–C) groups is 1. The summed E-state index contributed by atoms with van der Waals surface area (Å²) in [5.41, 5.74) is 7.50. The number of hydrogen-bond acceptors (Lipinski definition) is 3. The van der Waals surface area contributed by atoms with Gasteiger partial charge in [0.1, 0.15) is 0 Å². The molecule has 1 aliphatic carbocycles. The number of hydrogen-bond donors (Lipinski definition) is 1. The molecule has 4 heteroatoms. The van der Waals surface area contributed by atoms with Crippen molar-refractivity contribution in [3.05, 3.63) is 28.7 Å². The van der Waals surface area contributed by atoms with E-state index in [1.165, 1.54) is 25.7 Å². The number of guanidine groups is 1. The van der Waals surface area contributed by atoms with E-state index in [0.29, 0.717) is 5.96 Å². The predicted octanol–water partition coefficient (Wildman–Crippen LogP) is 4.17. The molecular formula is C17H24BrN3. The predicted molar refractivity (Wildman–Crippen MR) is 92.6 cm³/mol. The normalized spacial score (nSPS) is 29.2. The molecule has 1 spiro atoms. The largest absolute Gasteiger partial charge is 0.369 e. The SMILES string of the molecule is CC(C)C1CCCC2(CN=C(N)N2c2ccccc2Br)C1. The fourth-order valence-corrected chi connectivity index (χ4v) is 4.39. The highest BCUT2D eigenvalue weighted by molar-refractivity contribution is 9.10. The van der Waals surface area contributed by atoms with Crippen LogP contribution in [0.2, 0.25) is 0 Å². The van der Waals surface area contributed by atoms with E-state index in [0.717, 1.165) is 28.5 Å². The first-order valence-electron chi connectivity index (χ1n) is 7.88. The molecule has 2 atom stereocenters. The fraction of sp³-hybridized carbons (Fsp3) is 0.588. The minimum atomic E-state index is 0.0845. The van der Waals surface area contributed by atoms with Gasteiger partial charge in [0.25, 0.3) is 0 Å². The lowest BCUT2D eigenvalue weighted by Gasteiger charge is -2.46. The van der Waals surface area contributed by atoms with Crippen LogP contribution in [0.5, 0.6) is 0 Å². The van der Waals surface area contributed by atoms with Crippen LogP contribution < -0.4 is 10.6 Å². The minimum absolute atomic E-state index is 0.0845. The molecule has 21 heavy (non-hydrogen) atoms. The van der Waals surface area contributed by atoms with Crippen molar-refractivity contribution >= 4 is 27.6 Å². The summed E-state index contributed by atoms with van der Waals surface area (Å²) >= 11 is 3.68. The van der Waals surface area contributed by atoms with Gasteiger partial charge in [-0.3, -0.25) is 4.99 Å². The Morgan fingerprint density at radius 1 is 1.38 bits per heavy atom. The Hall–Kier alpha value is -1.03. The van der Waals surface area contributed by atoms with Crippen molar-refractivity contribution in [3.63, 3.8) is 0 Å². The molecule has 0 saturated heterocycles. The van der Waals surface area contributed by atoms with Gasteiger partial charge in [-0.15, -0.1) is 0 Å². The highest BCUT2D eigenvalue weighted by Crippen LogP contribution is 2.45. The quantitative estimate of drug-likeness (QED) is 0.870. The summed E-state index contributed by atoms with van der Waals surface area (Å²) in [6.45, 7) is 5.51. The lowest BCUT2D eigenvalue weighted by molar-refractivity contribution is 0.195. The number of anilines is 1. The first-order valence-corrected chi connectivity index (χ1v) is 8.67. The number of benzene rings is 1. The summed E-state index contributed by atoms with van der Waals surface area (Å²) in [6.07, 6.45) is 4.98. The maximum atomic E-state index is 6.26. The molecule has 1 aromatic carbocycles. The summed E-state index contributed by atoms with van der Waals surface area (Å²) in [4.78, 5) is 6.90. The van der Waals surface area contributed by atoms with Gasteiger partial charge in [0.15, 0.2) is 5.96 Å². The molecule has 1 fully saturated rings. The molecule has 2 aliphatic rings. The van der Waals surface area contributed by atoms with Crippen LogP contribution in [-0.2, 0) is 0 Å². The molecule has 1 aliphatic heterocycles. The summed E-state index contributed by atoms with van der Waals surface area (Å²) in [6, 6.07) is 8.33. The van der Waals surface area contributed by atoms with Crippen LogP contribution in [0.1, 0.15) is 39.5 Å². The van der Waals surface area contributed by atoms with Gasteiger partial charge in [0.2, 0.25) is 0 Å². The molecule has 3 nitrogen and oxygen atoms in total. The topological polar surface area (TPSA) is 41.6 Å². The number of halogens is 1. The van der Waals surface area contributed by atoms with E-state index in [1.807, 2.05) is 6.07 Å². The second-order valence-electron chi connectivity index (χ2n) is 6.79. The van der Waals surface area contributed by atoms with Crippen molar-refractivity contribution < 1.29 is 0 Å². The van der Waals surface area contributed by atoms with Crippen molar-refractivity contribution in [2.45, 2.75) is 45.1 Å². The highest BCUT2D eigenvalue weighted by Gasteiger charge is 2.47. The Labute approximate surface area is 135 Å². The zero-order valence-electron chi connectivity index (χ0n) is 12.8. The van der Waals surface area contributed by atoms with Crippen molar-refractivity contribution in [2.24, 2.45) is 22.6 Å². The first kappa shape index (κ1) is 14.9. The molecule has 0 radical (unpaired) electrons. The zero-order valence-corrected chi connectivity index (χ0v) is 14.4. The Kier molecular flexibility index (Phi) is 4.00. The van der Waals surface area contributed by atoms with Crippen molar-refractivity contribution in [1.82, 2.24) is 0 Å². The standard InChI is InChI=1S/C17H24BrN3/c1-12(2)13-6-5-9-17(10-13)11-20-16(19)21(17)15-8-4-3-7-14(15)18/h3-4,7-8,12-13H,5-6,9-11H2,1-2H3,(H2,19,20). The average molecular weight is 350 g/mol. The molecule has 0 bridgehead atoms. The van der Waals surface area contributed by atoms with Crippen LogP contribution in [0.4, 0.5) is 5.69 Å². The number of rotatable bonds is 2. The van der Waals surface area contributed by atoms with Crippen LogP contribution >= 0.6 is 15.9 Å². The Morgan fingerprint density at radius 2 is 2.14 bits per heavy atom. The van der Waals surface area contributed by atoms with Crippen LogP contribution in [-0.4, -0.2) is 18.0 Å². The van der Waals surface area contributed by atoms with E-state index in [9.17, 15) is 0 Å². The van der Waals surface area contributed by atoms with E-state index in [-0.39, 0.29) is 5.54 Å². The molecule has 0 amide bonds. The zero-order chi connectivity index (χ0) is 15.0. The van der Waals surface area contributed by atoms with Crippen molar-refractivity contribution in [1.29, 1.82) is 0 Å². The number of nitrogens with two attached hydrogens (primary N) is 1. The van der Waals surface area contributed by atoms with E-state index in [1.54, 1.807) is 0 Å². The van der Waals surface area contributed by atoms with Gasteiger partial charge < -0.3 is 10.6 Å². The maximum Gasteiger partial charge on any atom is 0.196 e. The van der Waals surface area contributed by atoms with Crippen molar-refractivity contribution in [3.8, 4) is 0 Å². The van der Waals surface area contributed by atoms with Crippen molar-refractivity contribution in [2.75, 3.05) is 11.4 Å². The van der Waals surface area contributed by atoms with Gasteiger partial charge in [-0.25, -0.2) is 0 Å². The second-order valence-corrected chi connectivity index (χ2v) is 7.64. The van der Waals surface area contributed by atoms with Gasteiger partial charge in [-0.05, 0) is 52.7 Å². The fourth-order valence-electron chi connectivity index (χ4n) is 3.93. The molecule has 0 aromatic heterocycles.